The first kappa shape index (κ1) is 30.5. The van der Waals surface area contributed by atoms with E-state index < -0.39 is 0 Å². The number of aromatic nitrogens is 4. The lowest BCUT2D eigenvalue weighted by Crippen LogP contribution is -2.10. The van der Waals surface area contributed by atoms with Gasteiger partial charge in [-0.2, -0.15) is 0 Å². The molecule has 0 saturated carbocycles. The molecule has 1 aliphatic carbocycles. The van der Waals surface area contributed by atoms with Crippen molar-refractivity contribution in [1.29, 1.82) is 0 Å². The van der Waals surface area contributed by atoms with Gasteiger partial charge in [0, 0.05) is 38.2 Å². The Bertz CT molecular complexity index is 3880. The summed E-state index contributed by atoms with van der Waals surface area (Å²) in [4.78, 5) is 11.1. The Morgan fingerprint density at radius 2 is 1.21 bits per heavy atom. The number of rotatable bonds is 4. The molecule has 6 aromatic heterocycles. The zero-order valence-electron chi connectivity index (χ0n) is 31.0. The molecule has 7 aromatic carbocycles. The van der Waals surface area contributed by atoms with Gasteiger partial charge in [-0.15, -0.1) is 0 Å². The summed E-state index contributed by atoms with van der Waals surface area (Å²) in [7, 11) is 0. The van der Waals surface area contributed by atoms with Gasteiger partial charge in [0.25, 0.3) is 0 Å². The van der Waals surface area contributed by atoms with E-state index in [2.05, 4.69) is 161 Å². The molecule has 0 radical (unpaired) electrons. The quantitative estimate of drug-likeness (QED) is 0.180. The van der Waals surface area contributed by atoms with Crippen LogP contribution < -0.4 is 0 Å². The van der Waals surface area contributed by atoms with Crippen LogP contribution in [0.4, 0.5) is 0 Å². The lowest BCUT2D eigenvalue weighted by molar-refractivity contribution is 0.649. The lowest BCUT2D eigenvalue weighted by Gasteiger charge is -2.23. The molecule has 270 valence electrons. The number of hydrogen-bond donors (Lipinski definition) is 0. The van der Waals surface area contributed by atoms with E-state index in [1.54, 1.807) is 0 Å². The van der Waals surface area contributed by atoms with E-state index >= 15 is 0 Å². The van der Waals surface area contributed by atoms with Crippen LogP contribution in [0.25, 0.3) is 110 Å². The molecule has 1 aliphatic rings. The summed E-state index contributed by atoms with van der Waals surface area (Å²) in [6.45, 7) is 0. The van der Waals surface area contributed by atoms with Gasteiger partial charge in [-0.1, -0.05) is 109 Å². The Morgan fingerprint density at radius 3 is 2.09 bits per heavy atom. The average molecular weight is 743 g/mol. The normalized spacial score (nSPS) is 15.2. The van der Waals surface area contributed by atoms with Gasteiger partial charge < -0.3 is 13.2 Å². The average Bonchev–Trinajstić information content (AvgIpc) is 4.02. The molecule has 0 bridgehead atoms. The van der Waals surface area contributed by atoms with Gasteiger partial charge in [0.2, 0.25) is 5.95 Å². The summed E-state index contributed by atoms with van der Waals surface area (Å²) in [6, 6.07) is 53.6. The topological polar surface area (TPSA) is 61.4 Å². The van der Waals surface area contributed by atoms with E-state index in [9.17, 15) is 0 Å². The second kappa shape index (κ2) is 11.0. The Morgan fingerprint density at radius 1 is 0.500 bits per heavy atom. The van der Waals surface area contributed by atoms with Crippen molar-refractivity contribution >= 4 is 104 Å². The molecule has 0 aliphatic heterocycles. The molecule has 6 nitrogen and oxygen atoms in total. The largest absolute Gasteiger partial charge is 0.456 e. The van der Waals surface area contributed by atoms with Crippen LogP contribution in [0.5, 0.6) is 0 Å². The van der Waals surface area contributed by atoms with E-state index in [4.69, 9.17) is 18.8 Å². The maximum absolute atomic E-state index is 6.75. The highest BCUT2D eigenvalue weighted by Crippen LogP contribution is 2.49. The molecule has 6 heterocycles. The summed E-state index contributed by atoms with van der Waals surface area (Å²) < 4.78 is 18.1. The van der Waals surface area contributed by atoms with Crippen molar-refractivity contribution in [2.45, 2.75) is 12.3 Å². The molecule has 0 spiro atoms. The van der Waals surface area contributed by atoms with E-state index in [0.29, 0.717) is 5.95 Å². The molecular weight excluding hydrogens is 713 g/mol. The van der Waals surface area contributed by atoms with Gasteiger partial charge in [0.05, 0.1) is 38.7 Å². The minimum absolute atomic E-state index is 0.0886. The molecular formula is C52H30N4O2. The van der Waals surface area contributed by atoms with Gasteiger partial charge in [0.15, 0.2) is 5.58 Å². The number of hydrogen-bond acceptors (Lipinski definition) is 4. The lowest BCUT2D eigenvalue weighted by atomic mass is 9.83. The van der Waals surface area contributed by atoms with Crippen LogP contribution in [0.2, 0.25) is 0 Å². The molecule has 0 amide bonds. The maximum atomic E-state index is 6.75. The van der Waals surface area contributed by atoms with Crippen LogP contribution >= 0.6 is 0 Å². The number of benzene rings is 7. The summed E-state index contributed by atoms with van der Waals surface area (Å²) in [5.74, 6) is 0.529. The van der Waals surface area contributed by atoms with Gasteiger partial charge in [-0.25, -0.2) is 9.97 Å². The van der Waals surface area contributed by atoms with Gasteiger partial charge in [0.1, 0.15) is 22.3 Å². The zero-order chi connectivity index (χ0) is 37.6. The summed E-state index contributed by atoms with van der Waals surface area (Å²) in [6.07, 6.45) is 5.47. The fourth-order valence-electron chi connectivity index (χ4n) is 10.2. The van der Waals surface area contributed by atoms with Gasteiger partial charge in [-0.05, 0) is 83.3 Å². The molecule has 0 fully saturated rings. The molecule has 1 unspecified atom stereocenters. The maximum Gasteiger partial charge on any atom is 0.235 e. The first-order valence-corrected chi connectivity index (χ1v) is 19.8. The van der Waals surface area contributed by atoms with Crippen LogP contribution in [0.1, 0.15) is 29.2 Å². The van der Waals surface area contributed by atoms with Crippen LogP contribution in [0.3, 0.4) is 0 Å². The minimum Gasteiger partial charge on any atom is -0.456 e. The van der Waals surface area contributed by atoms with Crippen LogP contribution in [-0.2, 0) is 0 Å². The number of nitrogens with zero attached hydrogens (tertiary/aromatic N) is 4. The zero-order valence-corrected chi connectivity index (χ0v) is 31.0. The molecule has 0 saturated heterocycles. The van der Waals surface area contributed by atoms with Crippen LogP contribution in [0.15, 0.2) is 173 Å². The Balaban J connectivity index is 1.11. The van der Waals surface area contributed by atoms with Crippen molar-refractivity contribution in [3.05, 3.63) is 181 Å². The molecule has 13 aromatic rings. The highest BCUT2D eigenvalue weighted by Gasteiger charge is 2.30. The smallest absolute Gasteiger partial charge is 0.235 e. The van der Waals surface area contributed by atoms with E-state index in [1.807, 2.05) is 12.1 Å². The minimum atomic E-state index is -0.0886. The van der Waals surface area contributed by atoms with E-state index in [-0.39, 0.29) is 5.92 Å². The fraction of sp³-hybridized carbons (Fsp3) is 0.0385. The highest BCUT2D eigenvalue weighted by molar-refractivity contribution is 6.37. The highest BCUT2D eigenvalue weighted by atomic mass is 16.3. The standard InChI is InChI=1S/C52H30N4O2/c1-3-12-29(13-4-1)31-26-32(30-14-5-2-6-15-30)28-33(27-31)48-51-49(36-17-8-10-21-41(36)58-51)54-52(53-48)56-39-20-11-19-38-44(39)45-40(56)23-25-42-46(45)47-43(57-42)24-22-35-34-16-7-9-18-37(34)55(38)50(35)47/h1-27,33H,28H2. The Labute approximate surface area is 329 Å². The Kier molecular flexibility index (Phi) is 5.78. The number of fused-ring (bicyclic) bond motifs is 7. The number of para-hydroxylation sites is 2. The van der Waals surface area contributed by atoms with Crippen molar-refractivity contribution in [2.24, 2.45) is 0 Å². The second-order valence-electron chi connectivity index (χ2n) is 15.6. The first-order chi connectivity index (χ1) is 28.8. The summed E-state index contributed by atoms with van der Waals surface area (Å²) in [5, 5.41) is 8.01. The number of allylic oxidation sites excluding steroid dienone is 4. The van der Waals surface area contributed by atoms with E-state index in [1.165, 1.54) is 44.1 Å². The number of furan rings is 2. The predicted octanol–water partition coefficient (Wildman–Crippen LogP) is 13.5. The third-order valence-corrected chi connectivity index (χ3v) is 12.6. The van der Waals surface area contributed by atoms with Gasteiger partial charge in [-0.3, -0.25) is 4.57 Å². The van der Waals surface area contributed by atoms with Gasteiger partial charge >= 0.3 is 0 Å². The third-order valence-electron chi connectivity index (χ3n) is 12.6. The van der Waals surface area contributed by atoms with Crippen LogP contribution in [-0.4, -0.2) is 18.9 Å². The van der Waals surface area contributed by atoms with Crippen molar-refractivity contribution in [1.82, 2.24) is 18.9 Å². The van der Waals surface area contributed by atoms with Crippen molar-refractivity contribution in [3.63, 3.8) is 0 Å². The van der Waals surface area contributed by atoms with Crippen LogP contribution in [0, 0.1) is 0 Å². The predicted molar refractivity (Wildman–Crippen MR) is 235 cm³/mol. The fourth-order valence-corrected chi connectivity index (χ4v) is 10.2. The summed E-state index contributed by atoms with van der Waals surface area (Å²) >= 11 is 0. The first-order valence-electron chi connectivity index (χ1n) is 19.8. The van der Waals surface area contributed by atoms with Crippen molar-refractivity contribution in [3.8, 4) is 5.95 Å². The monoisotopic (exact) mass is 742 g/mol. The van der Waals surface area contributed by atoms with E-state index in [0.717, 1.165) is 83.4 Å². The summed E-state index contributed by atoms with van der Waals surface area (Å²) in [5.41, 5.74) is 15.4. The van der Waals surface area contributed by atoms with Crippen molar-refractivity contribution < 1.29 is 8.83 Å². The molecule has 6 heteroatoms. The second-order valence-corrected chi connectivity index (χ2v) is 15.6. The molecule has 14 rings (SSSR count). The molecule has 58 heavy (non-hydrogen) atoms. The molecule has 1 atom stereocenters. The van der Waals surface area contributed by atoms with Crippen molar-refractivity contribution in [2.75, 3.05) is 0 Å². The SMILES string of the molecule is C1=C(c2ccccc2)C=C(c2ccccc2)CC1c1nc(-n2c3ccc4oc5ccc6c7ccccc7n7c8cccc2c8c3c4c5c67)nc2c1oc1ccccc12. The third kappa shape index (κ3) is 3.91. The Hall–Kier alpha value is -7.70. The molecule has 0 N–H and O–H groups in total.